The van der Waals surface area contributed by atoms with Crippen molar-refractivity contribution >= 4 is 9.84 Å². The molecule has 0 aliphatic rings. The maximum atomic E-state index is 11.5. The van der Waals surface area contributed by atoms with Crippen LogP contribution in [0.25, 0.3) is 17.1 Å². The molecule has 0 saturated carbocycles. The second kappa shape index (κ2) is 6.45. The topological polar surface area (TPSA) is 74.1 Å². The monoisotopic (exact) mass is 343 g/mol. The number of hydrogen-bond donors (Lipinski definition) is 0. The first-order valence-corrected chi connectivity index (χ1v) is 9.30. The minimum absolute atomic E-state index is 0.189. The average molecular weight is 343 g/mol. The smallest absolute Gasteiger partial charge is 0.177 e. The summed E-state index contributed by atoms with van der Waals surface area (Å²) in [6.45, 7) is 2.56. The van der Waals surface area contributed by atoms with Gasteiger partial charge < -0.3 is 4.74 Å². The summed E-state index contributed by atoms with van der Waals surface area (Å²) in [4.78, 5) is 8.61. The summed E-state index contributed by atoms with van der Waals surface area (Å²) in [6, 6.07) is 10.9. The second-order valence-corrected chi connectivity index (χ2v) is 7.25. The highest BCUT2D eigenvalue weighted by Crippen LogP contribution is 2.24. The van der Waals surface area contributed by atoms with Gasteiger partial charge in [0.1, 0.15) is 17.9 Å². The van der Waals surface area contributed by atoms with Crippen LogP contribution in [0.5, 0.6) is 5.75 Å². The number of pyridine rings is 1. The third-order valence-corrected chi connectivity index (χ3v) is 4.59. The molecule has 7 heteroatoms. The standard InChI is InChI=1S/C17H17N3O3S/c1-3-23-14-6-4-13(5-7-14)16-11-18-12-20(16)17-9-8-15(10-19-17)24(2,21)22/h4-12H,3H2,1-2H3. The Morgan fingerprint density at radius 3 is 2.42 bits per heavy atom. The summed E-state index contributed by atoms with van der Waals surface area (Å²) in [6.07, 6.45) is 5.90. The first-order chi connectivity index (χ1) is 11.5. The van der Waals surface area contributed by atoms with Crippen molar-refractivity contribution in [3.05, 3.63) is 55.1 Å². The zero-order valence-corrected chi connectivity index (χ0v) is 14.2. The van der Waals surface area contributed by atoms with Crippen LogP contribution in [0.3, 0.4) is 0 Å². The number of sulfone groups is 1. The fraction of sp³-hybridized carbons (Fsp3) is 0.176. The maximum absolute atomic E-state index is 11.5. The summed E-state index contributed by atoms with van der Waals surface area (Å²) in [5.74, 6) is 1.41. The molecule has 124 valence electrons. The highest BCUT2D eigenvalue weighted by Gasteiger charge is 2.11. The van der Waals surface area contributed by atoms with Gasteiger partial charge in [-0.1, -0.05) is 0 Å². The van der Waals surface area contributed by atoms with E-state index < -0.39 is 9.84 Å². The van der Waals surface area contributed by atoms with Crippen LogP contribution in [-0.2, 0) is 9.84 Å². The van der Waals surface area contributed by atoms with Crippen molar-refractivity contribution in [2.24, 2.45) is 0 Å². The molecule has 0 atom stereocenters. The molecule has 0 aliphatic carbocycles. The van der Waals surface area contributed by atoms with Gasteiger partial charge in [-0.05, 0) is 43.3 Å². The number of aromatic nitrogens is 3. The third-order valence-electron chi connectivity index (χ3n) is 3.50. The van der Waals surface area contributed by atoms with E-state index in [0.717, 1.165) is 23.3 Å². The van der Waals surface area contributed by atoms with Gasteiger partial charge in [0.2, 0.25) is 0 Å². The first kappa shape index (κ1) is 16.2. The normalized spacial score (nSPS) is 11.4. The number of rotatable bonds is 5. The summed E-state index contributed by atoms with van der Waals surface area (Å²) in [5.41, 5.74) is 1.82. The molecular formula is C17H17N3O3S. The predicted molar refractivity (Wildman–Crippen MR) is 91.1 cm³/mol. The van der Waals surface area contributed by atoms with Gasteiger partial charge >= 0.3 is 0 Å². The van der Waals surface area contributed by atoms with Crippen molar-refractivity contribution in [1.82, 2.24) is 14.5 Å². The molecule has 0 spiro atoms. The van der Waals surface area contributed by atoms with E-state index in [4.69, 9.17) is 4.74 Å². The summed E-state index contributed by atoms with van der Waals surface area (Å²) in [7, 11) is -3.26. The molecule has 0 aliphatic heterocycles. The van der Waals surface area contributed by atoms with Gasteiger partial charge in [-0.2, -0.15) is 0 Å². The minimum Gasteiger partial charge on any atom is -0.494 e. The minimum atomic E-state index is -3.26. The van der Waals surface area contributed by atoms with Crippen molar-refractivity contribution in [1.29, 1.82) is 0 Å². The molecule has 3 aromatic rings. The van der Waals surface area contributed by atoms with Crippen molar-refractivity contribution in [3.8, 4) is 22.8 Å². The fourth-order valence-corrected chi connectivity index (χ4v) is 2.87. The van der Waals surface area contributed by atoms with Gasteiger partial charge in [0.25, 0.3) is 0 Å². The van der Waals surface area contributed by atoms with Gasteiger partial charge in [0, 0.05) is 18.0 Å². The predicted octanol–water partition coefficient (Wildman–Crippen LogP) is 2.74. The Balaban J connectivity index is 1.95. The lowest BCUT2D eigenvalue weighted by Crippen LogP contribution is -2.02. The Hall–Kier alpha value is -2.67. The van der Waals surface area contributed by atoms with E-state index in [1.54, 1.807) is 24.7 Å². The summed E-state index contributed by atoms with van der Waals surface area (Å²) >= 11 is 0. The molecule has 6 nitrogen and oxygen atoms in total. The number of nitrogens with zero attached hydrogens (tertiary/aromatic N) is 3. The van der Waals surface area contributed by atoms with E-state index in [1.807, 2.05) is 35.8 Å². The van der Waals surface area contributed by atoms with Gasteiger partial charge in [0.15, 0.2) is 9.84 Å². The lowest BCUT2D eigenvalue weighted by atomic mass is 10.1. The highest BCUT2D eigenvalue weighted by molar-refractivity contribution is 7.90. The zero-order chi connectivity index (χ0) is 17.2. The molecule has 0 fully saturated rings. The maximum Gasteiger partial charge on any atom is 0.177 e. The van der Waals surface area contributed by atoms with Gasteiger partial charge in [0.05, 0.1) is 23.4 Å². The summed E-state index contributed by atoms with van der Waals surface area (Å²) in [5, 5.41) is 0. The molecule has 0 radical (unpaired) electrons. The van der Waals surface area contributed by atoms with Gasteiger partial charge in [-0.3, -0.25) is 4.57 Å². The van der Waals surface area contributed by atoms with E-state index >= 15 is 0 Å². The van der Waals surface area contributed by atoms with Crippen LogP contribution in [0.1, 0.15) is 6.92 Å². The van der Waals surface area contributed by atoms with E-state index in [2.05, 4.69) is 9.97 Å². The first-order valence-electron chi connectivity index (χ1n) is 7.41. The summed E-state index contributed by atoms with van der Waals surface area (Å²) < 4.78 is 30.3. The lowest BCUT2D eigenvalue weighted by molar-refractivity contribution is 0.340. The Morgan fingerprint density at radius 2 is 1.83 bits per heavy atom. The van der Waals surface area contributed by atoms with Crippen LogP contribution in [0.15, 0.2) is 60.0 Å². The second-order valence-electron chi connectivity index (χ2n) is 5.23. The Kier molecular flexibility index (Phi) is 4.35. The number of ether oxygens (including phenoxy) is 1. The van der Waals surface area contributed by atoms with Crippen LogP contribution in [0.2, 0.25) is 0 Å². The Morgan fingerprint density at radius 1 is 1.08 bits per heavy atom. The third kappa shape index (κ3) is 3.30. The van der Waals surface area contributed by atoms with E-state index in [1.165, 1.54) is 6.20 Å². The SMILES string of the molecule is CCOc1ccc(-c2cncn2-c2ccc(S(C)(=O)=O)cn2)cc1. The van der Waals surface area contributed by atoms with E-state index in [0.29, 0.717) is 12.4 Å². The quantitative estimate of drug-likeness (QED) is 0.712. The molecule has 2 aromatic heterocycles. The number of imidazole rings is 1. The molecule has 24 heavy (non-hydrogen) atoms. The zero-order valence-electron chi connectivity index (χ0n) is 13.4. The lowest BCUT2D eigenvalue weighted by Gasteiger charge is -2.09. The van der Waals surface area contributed by atoms with E-state index in [-0.39, 0.29) is 4.90 Å². The molecular weight excluding hydrogens is 326 g/mol. The van der Waals surface area contributed by atoms with Gasteiger partial charge in [-0.15, -0.1) is 0 Å². The highest BCUT2D eigenvalue weighted by atomic mass is 32.2. The van der Waals surface area contributed by atoms with Crippen LogP contribution in [0.4, 0.5) is 0 Å². The largest absolute Gasteiger partial charge is 0.494 e. The molecule has 0 N–H and O–H groups in total. The van der Waals surface area contributed by atoms with Crippen LogP contribution >= 0.6 is 0 Å². The van der Waals surface area contributed by atoms with Crippen molar-refractivity contribution in [3.63, 3.8) is 0 Å². The molecule has 2 heterocycles. The molecule has 0 unspecified atom stereocenters. The molecule has 3 rings (SSSR count). The molecule has 1 aromatic carbocycles. The van der Waals surface area contributed by atoms with Crippen LogP contribution < -0.4 is 4.74 Å². The molecule has 0 bridgehead atoms. The molecule has 0 saturated heterocycles. The Bertz CT molecular complexity index is 930. The van der Waals surface area contributed by atoms with Crippen LogP contribution in [-0.4, -0.2) is 35.8 Å². The van der Waals surface area contributed by atoms with Crippen LogP contribution in [0, 0.1) is 0 Å². The Labute approximate surface area is 140 Å². The molecule has 0 amide bonds. The number of benzene rings is 1. The van der Waals surface area contributed by atoms with E-state index in [9.17, 15) is 8.42 Å². The van der Waals surface area contributed by atoms with Crippen molar-refractivity contribution < 1.29 is 13.2 Å². The number of hydrogen-bond acceptors (Lipinski definition) is 5. The average Bonchev–Trinajstić information content (AvgIpc) is 3.05. The van der Waals surface area contributed by atoms with Crippen molar-refractivity contribution in [2.45, 2.75) is 11.8 Å². The fourth-order valence-electron chi connectivity index (χ4n) is 2.31. The van der Waals surface area contributed by atoms with Gasteiger partial charge in [-0.25, -0.2) is 18.4 Å². The van der Waals surface area contributed by atoms with Crippen molar-refractivity contribution in [2.75, 3.05) is 12.9 Å².